The average Bonchev–Trinajstić information content (AvgIpc) is 2.35. The van der Waals surface area contributed by atoms with Crippen LogP contribution in [0.2, 0.25) is 0 Å². The smallest absolute Gasteiger partial charge is 0.303 e. The molecule has 0 bridgehead atoms. The van der Waals surface area contributed by atoms with Gasteiger partial charge in [-0.1, -0.05) is 20.8 Å². The second-order valence-electron chi connectivity index (χ2n) is 6.93. The summed E-state index contributed by atoms with van der Waals surface area (Å²) in [6.45, 7) is 7.61. The summed E-state index contributed by atoms with van der Waals surface area (Å²) in [7, 11) is 0. The maximum atomic E-state index is 12.2. The van der Waals surface area contributed by atoms with Gasteiger partial charge in [-0.05, 0) is 30.6 Å². The topological polar surface area (TPSA) is 83.6 Å². The summed E-state index contributed by atoms with van der Waals surface area (Å²) in [5, 5.41) is 8.68. The van der Waals surface area contributed by atoms with Gasteiger partial charge in [-0.15, -0.1) is 0 Å². The van der Waals surface area contributed by atoms with Crippen molar-refractivity contribution >= 4 is 11.9 Å². The van der Waals surface area contributed by atoms with Crippen LogP contribution < -0.4 is 5.73 Å². The minimum Gasteiger partial charge on any atom is -0.481 e. The van der Waals surface area contributed by atoms with Crippen LogP contribution in [0.1, 0.15) is 52.9 Å². The Labute approximate surface area is 121 Å². The Morgan fingerprint density at radius 1 is 1.30 bits per heavy atom. The Bertz CT molecular complexity index is 342. The van der Waals surface area contributed by atoms with Crippen molar-refractivity contribution in [3.05, 3.63) is 0 Å². The molecule has 3 N–H and O–H groups in total. The summed E-state index contributed by atoms with van der Waals surface area (Å²) in [5.41, 5.74) is 5.99. The number of nitrogens with zero attached hydrogens (tertiary/aromatic N) is 1. The molecule has 1 unspecified atom stereocenters. The van der Waals surface area contributed by atoms with Crippen molar-refractivity contribution in [3.63, 3.8) is 0 Å². The third kappa shape index (κ3) is 5.49. The van der Waals surface area contributed by atoms with Gasteiger partial charge < -0.3 is 15.7 Å². The Kier molecular flexibility index (Phi) is 5.99. The molecule has 1 atom stereocenters. The number of hydrogen-bond donors (Lipinski definition) is 2. The summed E-state index contributed by atoms with van der Waals surface area (Å²) in [5.74, 6) is -0.171. The van der Waals surface area contributed by atoms with Crippen LogP contribution in [0.5, 0.6) is 0 Å². The molecule has 0 aromatic rings. The zero-order valence-corrected chi connectivity index (χ0v) is 12.9. The first kappa shape index (κ1) is 17.0. The highest BCUT2D eigenvalue weighted by Gasteiger charge is 2.28. The third-order valence-electron chi connectivity index (χ3n) is 4.24. The number of carbonyl (C=O) groups is 2. The fourth-order valence-electron chi connectivity index (χ4n) is 2.42. The molecule has 1 rings (SSSR count). The maximum Gasteiger partial charge on any atom is 0.303 e. The first-order valence-electron chi connectivity index (χ1n) is 7.45. The Morgan fingerprint density at radius 3 is 2.30 bits per heavy atom. The minimum absolute atomic E-state index is 0.0600. The molecule has 0 aromatic heterocycles. The van der Waals surface area contributed by atoms with E-state index >= 15 is 0 Å². The van der Waals surface area contributed by atoms with E-state index in [1.807, 2.05) is 25.7 Å². The van der Waals surface area contributed by atoms with E-state index < -0.39 is 5.97 Å². The highest BCUT2D eigenvalue weighted by Crippen LogP contribution is 2.24. The molecule has 5 nitrogen and oxygen atoms in total. The largest absolute Gasteiger partial charge is 0.481 e. The number of nitrogens with two attached hydrogens (primary N) is 1. The van der Waals surface area contributed by atoms with E-state index in [-0.39, 0.29) is 23.8 Å². The quantitative estimate of drug-likeness (QED) is 0.807. The van der Waals surface area contributed by atoms with Crippen molar-refractivity contribution in [3.8, 4) is 0 Å². The zero-order valence-electron chi connectivity index (χ0n) is 12.9. The van der Waals surface area contributed by atoms with Gasteiger partial charge in [-0.2, -0.15) is 0 Å². The van der Waals surface area contributed by atoms with Crippen LogP contribution in [-0.2, 0) is 9.59 Å². The number of aliphatic carboxylic acids is 1. The predicted molar refractivity (Wildman–Crippen MR) is 78.2 cm³/mol. The van der Waals surface area contributed by atoms with E-state index in [1.54, 1.807) is 0 Å². The average molecular weight is 284 g/mol. The van der Waals surface area contributed by atoms with Crippen LogP contribution >= 0.6 is 0 Å². The van der Waals surface area contributed by atoms with Crippen molar-refractivity contribution in [1.29, 1.82) is 0 Å². The normalized spacial score (nSPS) is 18.9. The van der Waals surface area contributed by atoms with E-state index in [0.717, 1.165) is 32.4 Å². The monoisotopic (exact) mass is 284 g/mol. The van der Waals surface area contributed by atoms with Crippen LogP contribution in [0.4, 0.5) is 0 Å². The second-order valence-corrected chi connectivity index (χ2v) is 6.93. The highest BCUT2D eigenvalue weighted by atomic mass is 16.4. The SMILES string of the molecule is CC(C)(C)C(N)CC(=O)N1CCC(CCC(=O)O)CC1. The highest BCUT2D eigenvalue weighted by molar-refractivity contribution is 5.77. The lowest BCUT2D eigenvalue weighted by molar-refractivity contribution is -0.138. The maximum absolute atomic E-state index is 12.2. The van der Waals surface area contributed by atoms with Crippen molar-refractivity contribution in [2.45, 2.75) is 58.9 Å². The van der Waals surface area contributed by atoms with Gasteiger partial charge in [0.1, 0.15) is 0 Å². The van der Waals surface area contributed by atoms with Gasteiger partial charge in [-0.25, -0.2) is 0 Å². The van der Waals surface area contributed by atoms with Gasteiger partial charge in [0.2, 0.25) is 5.91 Å². The Morgan fingerprint density at radius 2 is 1.85 bits per heavy atom. The number of carboxylic acids is 1. The van der Waals surface area contributed by atoms with E-state index in [4.69, 9.17) is 10.8 Å². The summed E-state index contributed by atoms with van der Waals surface area (Å²) in [6.07, 6.45) is 3.16. The lowest BCUT2D eigenvalue weighted by Crippen LogP contribution is -2.44. The molecule has 1 aliphatic rings. The van der Waals surface area contributed by atoms with E-state index in [2.05, 4.69) is 0 Å². The van der Waals surface area contributed by atoms with E-state index in [0.29, 0.717) is 12.3 Å². The molecule has 1 aliphatic heterocycles. The summed E-state index contributed by atoms with van der Waals surface area (Å²) in [4.78, 5) is 24.6. The fourth-order valence-corrected chi connectivity index (χ4v) is 2.42. The zero-order chi connectivity index (χ0) is 15.3. The summed E-state index contributed by atoms with van der Waals surface area (Å²) < 4.78 is 0. The van der Waals surface area contributed by atoms with E-state index in [1.165, 1.54) is 0 Å². The first-order valence-corrected chi connectivity index (χ1v) is 7.45. The molecule has 0 aliphatic carbocycles. The molecule has 116 valence electrons. The number of rotatable bonds is 5. The predicted octanol–water partition coefficient (Wildman–Crippen LogP) is 1.85. The van der Waals surface area contributed by atoms with Crippen LogP contribution in [0.3, 0.4) is 0 Å². The molecule has 0 saturated carbocycles. The fraction of sp³-hybridized carbons (Fsp3) is 0.867. The summed E-state index contributed by atoms with van der Waals surface area (Å²) in [6, 6.07) is -0.125. The van der Waals surface area contributed by atoms with Crippen LogP contribution in [-0.4, -0.2) is 41.0 Å². The van der Waals surface area contributed by atoms with Crippen molar-refractivity contribution < 1.29 is 14.7 Å². The van der Waals surface area contributed by atoms with Gasteiger partial charge in [0.15, 0.2) is 0 Å². The Balaban J connectivity index is 2.34. The van der Waals surface area contributed by atoms with Gasteiger partial charge in [0, 0.05) is 32.0 Å². The van der Waals surface area contributed by atoms with Gasteiger partial charge in [0.25, 0.3) is 0 Å². The molecule has 0 spiro atoms. The Hall–Kier alpha value is -1.10. The van der Waals surface area contributed by atoms with Crippen LogP contribution in [0, 0.1) is 11.3 Å². The molecule has 0 aromatic carbocycles. The number of likely N-dealkylation sites (tertiary alicyclic amines) is 1. The van der Waals surface area contributed by atoms with Gasteiger partial charge in [0.05, 0.1) is 0 Å². The van der Waals surface area contributed by atoms with Crippen LogP contribution in [0.15, 0.2) is 0 Å². The minimum atomic E-state index is -0.736. The third-order valence-corrected chi connectivity index (χ3v) is 4.24. The molecule has 1 heterocycles. The lowest BCUT2D eigenvalue weighted by atomic mass is 9.85. The molecule has 1 amide bonds. The van der Waals surface area contributed by atoms with Crippen molar-refractivity contribution in [2.24, 2.45) is 17.1 Å². The summed E-state index contributed by atoms with van der Waals surface area (Å²) >= 11 is 0. The number of carboxylic acid groups (broad SMARTS) is 1. The number of carbonyl (C=O) groups excluding carboxylic acids is 1. The van der Waals surface area contributed by atoms with Gasteiger partial charge >= 0.3 is 5.97 Å². The molecule has 1 fully saturated rings. The standard InChI is InChI=1S/C15H28N2O3/c1-15(2,3)12(16)10-13(18)17-8-6-11(7-9-17)4-5-14(19)20/h11-12H,4-10,16H2,1-3H3,(H,19,20). The molecule has 5 heteroatoms. The van der Waals surface area contributed by atoms with Crippen LogP contribution in [0.25, 0.3) is 0 Å². The lowest BCUT2D eigenvalue weighted by Gasteiger charge is -2.34. The molecule has 0 radical (unpaired) electrons. The molecule has 1 saturated heterocycles. The molecule has 20 heavy (non-hydrogen) atoms. The van der Waals surface area contributed by atoms with Gasteiger partial charge in [-0.3, -0.25) is 9.59 Å². The number of amides is 1. The number of piperidine rings is 1. The second kappa shape index (κ2) is 7.07. The molecular weight excluding hydrogens is 256 g/mol. The van der Waals surface area contributed by atoms with Crippen molar-refractivity contribution in [2.75, 3.05) is 13.1 Å². The molecular formula is C15H28N2O3. The van der Waals surface area contributed by atoms with E-state index in [9.17, 15) is 9.59 Å². The van der Waals surface area contributed by atoms with Crippen molar-refractivity contribution in [1.82, 2.24) is 4.90 Å². The first-order chi connectivity index (χ1) is 9.20. The number of hydrogen-bond acceptors (Lipinski definition) is 3.